The lowest BCUT2D eigenvalue weighted by Gasteiger charge is -2.20. The number of para-hydroxylation sites is 1. The third-order valence-electron chi connectivity index (χ3n) is 4.77. The van der Waals surface area contributed by atoms with Gasteiger partial charge in [-0.25, -0.2) is 0 Å². The molecule has 0 aromatic heterocycles. The van der Waals surface area contributed by atoms with E-state index in [0.717, 1.165) is 11.8 Å². The molecule has 0 aliphatic rings. The van der Waals surface area contributed by atoms with Crippen LogP contribution in [-0.4, -0.2) is 52.1 Å². The van der Waals surface area contributed by atoms with E-state index in [1.807, 2.05) is 0 Å². The number of carbonyl (C=O) groups is 1. The normalized spacial score (nSPS) is 13.4. The van der Waals surface area contributed by atoms with Crippen molar-refractivity contribution in [2.75, 3.05) is 38.4 Å². The molecule has 0 unspecified atom stereocenters. The molecule has 0 heterocycles. The summed E-state index contributed by atoms with van der Waals surface area (Å²) < 4.78 is 32.8. The Kier molecular flexibility index (Phi) is 10.2. The fourth-order valence-electron chi connectivity index (χ4n) is 3.03. The summed E-state index contributed by atoms with van der Waals surface area (Å²) in [6, 6.07) is 10.0. The van der Waals surface area contributed by atoms with E-state index in [9.17, 15) is 18.3 Å². The molecular weight excluding hydrogens is 491 g/mol. The van der Waals surface area contributed by atoms with Crippen molar-refractivity contribution < 1.29 is 27.2 Å². The van der Waals surface area contributed by atoms with E-state index in [0.29, 0.717) is 16.5 Å². The van der Waals surface area contributed by atoms with Crippen LogP contribution >= 0.6 is 23.2 Å². The van der Waals surface area contributed by atoms with Crippen LogP contribution in [0.25, 0.3) is 0 Å². The van der Waals surface area contributed by atoms with Crippen LogP contribution < -0.4 is 15.8 Å². The van der Waals surface area contributed by atoms with Gasteiger partial charge in [0.05, 0.1) is 40.8 Å². The smallest absolute Gasteiger partial charge is 0.264 e. The molecule has 1 amide bonds. The summed E-state index contributed by atoms with van der Waals surface area (Å²) in [6.07, 6.45) is 1.39. The second-order valence-corrected chi connectivity index (χ2v) is 10.2. The van der Waals surface area contributed by atoms with Gasteiger partial charge in [-0.1, -0.05) is 42.3 Å². The number of rotatable bonds is 12. The van der Waals surface area contributed by atoms with Gasteiger partial charge in [0, 0.05) is 25.0 Å². The van der Waals surface area contributed by atoms with Crippen LogP contribution in [0.1, 0.15) is 35.2 Å². The number of nitrogen functional groups attached to an aromatic ring is 1. The zero-order chi connectivity index (χ0) is 24.6. The van der Waals surface area contributed by atoms with Crippen molar-refractivity contribution in [2.24, 2.45) is 5.92 Å². The number of halogens is 2. The second kappa shape index (κ2) is 12.4. The first-order valence-corrected chi connectivity index (χ1v) is 12.8. The van der Waals surface area contributed by atoms with Gasteiger partial charge in [-0.05, 0) is 36.2 Å². The number of ether oxygens (including phenoxy) is 1. The molecule has 2 rings (SSSR count). The van der Waals surface area contributed by atoms with Crippen molar-refractivity contribution in [3.8, 4) is 5.75 Å². The molecular formula is C22H28Cl2N2O6S. The predicted molar refractivity (Wildman–Crippen MR) is 130 cm³/mol. The third-order valence-corrected chi connectivity index (χ3v) is 6.07. The number of nitrogens with one attached hydrogen (secondary N) is 1. The molecule has 11 heteroatoms. The van der Waals surface area contributed by atoms with Crippen LogP contribution in [0, 0.1) is 5.92 Å². The zero-order valence-corrected chi connectivity index (χ0v) is 20.7. The predicted octanol–water partition coefficient (Wildman–Crippen LogP) is 3.46. The number of amides is 1. The summed E-state index contributed by atoms with van der Waals surface area (Å²) in [6.45, 7) is 1.96. The van der Waals surface area contributed by atoms with Crippen molar-refractivity contribution in [2.45, 2.75) is 19.3 Å². The van der Waals surface area contributed by atoms with Gasteiger partial charge >= 0.3 is 0 Å². The summed E-state index contributed by atoms with van der Waals surface area (Å²) in [5.41, 5.74) is 7.37. The summed E-state index contributed by atoms with van der Waals surface area (Å²) in [5.74, 6) is -0.652. The third kappa shape index (κ3) is 8.68. The molecule has 33 heavy (non-hydrogen) atoms. The molecule has 0 radical (unpaired) electrons. The fourth-order valence-corrected chi connectivity index (χ4v) is 3.81. The number of benzene rings is 2. The number of hydrogen-bond donors (Lipinski definition) is 3. The van der Waals surface area contributed by atoms with Crippen LogP contribution in [0.5, 0.6) is 5.75 Å². The van der Waals surface area contributed by atoms with Crippen LogP contribution in [0.15, 0.2) is 36.4 Å². The molecule has 0 fully saturated rings. The molecule has 2 aromatic rings. The quantitative estimate of drug-likeness (QED) is 0.289. The average molecular weight is 519 g/mol. The highest BCUT2D eigenvalue weighted by Crippen LogP contribution is 2.29. The minimum atomic E-state index is -3.56. The minimum absolute atomic E-state index is 0.0560. The van der Waals surface area contributed by atoms with Crippen molar-refractivity contribution in [3.05, 3.63) is 57.6 Å². The fraction of sp³-hybridized carbons (Fsp3) is 0.409. The van der Waals surface area contributed by atoms with Crippen molar-refractivity contribution in [3.63, 3.8) is 0 Å². The number of hydrogen-bond acceptors (Lipinski definition) is 7. The Balaban J connectivity index is 2.09. The molecule has 0 aliphatic carbocycles. The Labute approximate surface area is 204 Å². The summed E-state index contributed by atoms with van der Waals surface area (Å²) in [4.78, 5) is 12.9. The van der Waals surface area contributed by atoms with E-state index in [1.165, 1.54) is 0 Å². The average Bonchev–Trinajstić information content (AvgIpc) is 2.75. The van der Waals surface area contributed by atoms with Crippen LogP contribution in [0.2, 0.25) is 10.0 Å². The van der Waals surface area contributed by atoms with Crippen LogP contribution in [-0.2, 0) is 14.3 Å². The molecule has 0 saturated carbocycles. The van der Waals surface area contributed by atoms with E-state index in [1.54, 1.807) is 43.3 Å². The molecule has 0 bridgehead atoms. The topological polar surface area (TPSA) is 128 Å². The van der Waals surface area contributed by atoms with Gasteiger partial charge in [-0.15, -0.1) is 0 Å². The summed E-state index contributed by atoms with van der Waals surface area (Å²) in [5, 5.41) is 13.1. The van der Waals surface area contributed by atoms with E-state index in [4.69, 9.17) is 37.9 Å². The van der Waals surface area contributed by atoms with Gasteiger partial charge in [-0.3, -0.25) is 8.98 Å². The van der Waals surface area contributed by atoms with Crippen LogP contribution in [0.3, 0.4) is 0 Å². The maximum Gasteiger partial charge on any atom is 0.264 e. The van der Waals surface area contributed by atoms with Gasteiger partial charge in [0.25, 0.3) is 16.0 Å². The number of carbonyl (C=O) groups excluding carboxylic acids is 1. The maximum atomic E-state index is 12.9. The number of aliphatic hydroxyl groups excluding tert-OH is 1. The molecule has 182 valence electrons. The van der Waals surface area contributed by atoms with Gasteiger partial charge in [-0.2, -0.15) is 8.42 Å². The summed E-state index contributed by atoms with van der Waals surface area (Å²) >= 11 is 12.1. The zero-order valence-electron chi connectivity index (χ0n) is 18.4. The molecule has 0 aliphatic heterocycles. The van der Waals surface area contributed by atoms with Gasteiger partial charge < -0.3 is 20.9 Å². The standard InChI is InChI=1S/C22H28Cl2N2O6S/c1-14(13-32-33(2,29)30)12-31-21-17(4-3-5-20(21)25)22(28)26-11-16(8-9-27)15-6-7-18(23)19(24)10-15/h3-7,10,14,16,27H,8-9,11-13,25H2,1-2H3,(H,26,28)/t14-,16+/m0/s1. The Morgan fingerprint density at radius 1 is 1.18 bits per heavy atom. The van der Waals surface area contributed by atoms with Gasteiger partial charge in [0.1, 0.15) is 0 Å². The SMILES string of the molecule is C[C@@H](COc1c(N)cccc1C(=O)NC[C@@H](CCO)c1ccc(Cl)c(Cl)c1)COS(C)(=O)=O. The Morgan fingerprint density at radius 2 is 1.91 bits per heavy atom. The molecule has 0 saturated heterocycles. The van der Waals surface area contributed by atoms with E-state index in [-0.39, 0.29) is 55.2 Å². The first kappa shape index (κ1) is 27.2. The van der Waals surface area contributed by atoms with Crippen molar-refractivity contribution in [1.29, 1.82) is 0 Å². The van der Waals surface area contributed by atoms with Gasteiger partial charge in [0.15, 0.2) is 5.75 Å². The van der Waals surface area contributed by atoms with E-state index < -0.39 is 16.0 Å². The van der Waals surface area contributed by atoms with Crippen molar-refractivity contribution in [1.82, 2.24) is 5.32 Å². The first-order valence-electron chi connectivity index (χ1n) is 10.2. The minimum Gasteiger partial charge on any atom is -0.490 e. The Bertz CT molecular complexity index is 1060. The monoisotopic (exact) mass is 518 g/mol. The highest BCUT2D eigenvalue weighted by Gasteiger charge is 2.19. The van der Waals surface area contributed by atoms with Crippen molar-refractivity contribution >= 4 is 44.9 Å². The lowest BCUT2D eigenvalue weighted by Crippen LogP contribution is -2.29. The van der Waals surface area contributed by atoms with Crippen LogP contribution in [0.4, 0.5) is 5.69 Å². The Hall–Kier alpha value is -2.04. The molecule has 2 atom stereocenters. The lowest BCUT2D eigenvalue weighted by molar-refractivity contribution is 0.0944. The van der Waals surface area contributed by atoms with E-state index in [2.05, 4.69) is 5.32 Å². The Morgan fingerprint density at radius 3 is 2.55 bits per heavy atom. The highest BCUT2D eigenvalue weighted by atomic mass is 35.5. The number of nitrogens with two attached hydrogens (primary N) is 1. The second-order valence-electron chi connectivity index (χ2n) is 7.72. The van der Waals surface area contributed by atoms with Gasteiger partial charge in [0.2, 0.25) is 0 Å². The molecule has 8 nitrogen and oxygen atoms in total. The first-order chi connectivity index (χ1) is 15.5. The number of anilines is 1. The largest absolute Gasteiger partial charge is 0.490 e. The van der Waals surface area contributed by atoms with E-state index >= 15 is 0 Å². The lowest BCUT2D eigenvalue weighted by atomic mass is 9.96. The maximum absolute atomic E-state index is 12.9. The highest BCUT2D eigenvalue weighted by molar-refractivity contribution is 7.85. The summed E-state index contributed by atoms with van der Waals surface area (Å²) in [7, 11) is -3.56. The molecule has 4 N–H and O–H groups in total. The molecule has 2 aromatic carbocycles. The molecule has 0 spiro atoms. The number of aliphatic hydroxyl groups is 1.